The Bertz CT molecular complexity index is 636. The lowest BCUT2D eigenvalue weighted by Gasteiger charge is -2.09. The van der Waals surface area contributed by atoms with Crippen LogP contribution in [0.4, 0.5) is 13.2 Å². The molecule has 0 amide bonds. The molecule has 1 N–H and O–H groups in total. The third-order valence-corrected chi connectivity index (χ3v) is 2.49. The second kappa shape index (κ2) is 4.53. The second-order valence-corrected chi connectivity index (χ2v) is 3.98. The highest BCUT2D eigenvalue weighted by molar-refractivity contribution is 6.31. The minimum atomic E-state index is -4.42. The highest BCUT2D eigenvalue weighted by Gasteiger charge is 2.28. The molecular weight excluding hydrogens is 271 g/mol. The Morgan fingerprint density at radius 1 is 1.33 bits per heavy atom. The number of H-pyrrole nitrogens is 1. The lowest BCUT2D eigenvalue weighted by Crippen LogP contribution is -2.19. The van der Waals surface area contributed by atoms with Gasteiger partial charge in [-0.3, -0.25) is 4.79 Å². The summed E-state index contributed by atoms with van der Waals surface area (Å²) in [5.41, 5.74) is 0.0200. The van der Waals surface area contributed by atoms with Crippen LogP contribution in [-0.2, 0) is 0 Å². The molecule has 1 aromatic carbocycles. The van der Waals surface area contributed by atoms with E-state index in [0.717, 1.165) is 0 Å². The van der Waals surface area contributed by atoms with E-state index in [4.69, 9.17) is 11.6 Å². The maximum atomic E-state index is 12.0. The van der Waals surface area contributed by atoms with Gasteiger partial charge in [0.2, 0.25) is 5.43 Å². The van der Waals surface area contributed by atoms with Crippen LogP contribution in [0.2, 0.25) is 5.02 Å². The number of ether oxygens (including phenoxy) is 1. The summed E-state index contributed by atoms with van der Waals surface area (Å²) in [5.74, 6) is -0.0346. The molecule has 0 saturated heterocycles. The Morgan fingerprint density at radius 2 is 2.06 bits per heavy atom. The van der Waals surface area contributed by atoms with Crippen molar-refractivity contribution in [3.63, 3.8) is 0 Å². The summed E-state index contributed by atoms with van der Waals surface area (Å²) in [6.45, 7) is -1.41. The largest absolute Gasteiger partial charge is 0.484 e. The predicted molar refractivity (Wildman–Crippen MR) is 61.1 cm³/mol. The SMILES string of the molecule is O=c1c(Cl)c[nH]c2ccc(OCC(F)(F)F)cc12. The van der Waals surface area contributed by atoms with Crippen molar-refractivity contribution in [3.05, 3.63) is 39.6 Å². The Kier molecular flexibility index (Phi) is 3.21. The number of alkyl halides is 3. The lowest BCUT2D eigenvalue weighted by molar-refractivity contribution is -0.153. The maximum absolute atomic E-state index is 12.0. The molecule has 0 aliphatic heterocycles. The monoisotopic (exact) mass is 277 g/mol. The van der Waals surface area contributed by atoms with Crippen molar-refractivity contribution in [3.8, 4) is 5.75 Å². The molecule has 7 heteroatoms. The Morgan fingerprint density at radius 3 is 2.72 bits per heavy atom. The van der Waals surface area contributed by atoms with E-state index in [1.165, 1.54) is 24.4 Å². The summed E-state index contributed by atoms with van der Waals surface area (Å²) >= 11 is 5.63. The van der Waals surface area contributed by atoms with E-state index in [1.807, 2.05) is 0 Å². The van der Waals surface area contributed by atoms with Crippen molar-refractivity contribution in [1.29, 1.82) is 0 Å². The molecule has 0 radical (unpaired) electrons. The minimum Gasteiger partial charge on any atom is -0.484 e. The van der Waals surface area contributed by atoms with Gasteiger partial charge in [0.1, 0.15) is 10.8 Å². The Hall–Kier alpha value is -1.69. The van der Waals surface area contributed by atoms with Crippen LogP contribution in [0.15, 0.2) is 29.2 Å². The zero-order valence-corrected chi connectivity index (χ0v) is 9.60. The van der Waals surface area contributed by atoms with Crippen LogP contribution in [0, 0.1) is 0 Å². The van der Waals surface area contributed by atoms with Gasteiger partial charge in [0.25, 0.3) is 0 Å². The Labute approximate surface area is 104 Å². The molecule has 1 heterocycles. The van der Waals surface area contributed by atoms with Gasteiger partial charge in [-0.2, -0.15) is 13.2 Å². The van der Waals surface area contributed by atoms with Gasteiger partial charge < -0.3 is 9.72 Å². The van der Waals surface area contributed by atoms with Gasteiger partial charge in [-0.05, 0) is 18.2 Å². The fourth-order valence-electron chi connectivity index (χ4n) is 1.43. The van der Waals surface area contributed by atoms with Gasteiger partial charge in [0.15, 0.2) is 6.61 Å². The van der Waals surface area contributed by atoms with Gasteiger partial charge >= 0.3 is 6.18 Å². The molecule has 96 valence electrons. The van der Waals surface area contributed by atoms with Crippen LogP contribution in [-0.4, -0.2) is 17.8 Å². The molecule has 18 heavy (non-hydrogen) atoms. The molecule has 0 saturated carbocycles. The maximum Gasteiger partial charge on any atom is 0.422 e. The quantitative estimate of drug-likeness (QED) is 0.916. The molecule has 2 rings (SSSR count). The normalized spacial score (nSPS) is 11.8. The second-order valence-electron chi connectivity index (χ2n) is 3.58. The Balaban J connectivity index is 2.38. The fourth-order valence-corrected chi connectivity index (χ4v) is 1.58. The molecule has 3 nitrogen and oxygen atoms in total. The van der Waals surface area contributed by atoms with E-state index >= 15 is 0 Å². The van der Waals surface area contributed by atoms with Crippen molar-refractivity contribution >= 4 is 22.5 Å². The zero-order valence-electron chi connectivity index (χ0n) is 8.84. The molecule has 0 unspecified atom stereocenters. The first-order valence-electron chi connectivity index (χ1n) is 4.87. The average molecular weight is 278 g/mol. The number of nitrogens with one attached hydrogen (secondary N) is 1. The van der Waals surface area contributed by atoms with Crippen molar-refractivity contribution < 1.29 is 17.9 Å². The number of hydrogen-bond donors (Lipinski definition) is 1. The van der Waals surface area contributed by atoms with Crippen LogP contribution in [0.3, 0.4) is 0 Å². The summed E-state index contributed by atoms with van der Waals surface area (Å²) in [7, 11) is 0. The van der Waals surface area contributed by atoms with Crippen LogP contribution in [0.1, 0.15) is 0 Å². The first-order valence-corrected chi connectivity index (χ1v) is 5.25. The molecule has 2 aromatic rings. The van der Waals surface area contributed by atoms with E-state index in [2.05, 4.69) is 9.72 Å². The van der Waals surface area contributed by atoms with Gasteiger partial charge in [0, 0.05) is 11.7 Å². The van der Waals surface area contributed by atoms with E-state index in [9.17, 15) is 18.0 Å². The van der Waals surface area contributed by atoms with E-state index in [1.54, 1.807) is 0 Å². The first-order chi connectivity index (χ1) is 8.37. The predicted octanol–water partition coefficient (Wildman–Crippen LogP) is 3.12. The number of benzene rings is 1. The average Bonchev–Trinajstić information content (AvgIpc) is 2.31. The molecular formula is C11H7ClF3NO2. The summed E-state index contributed by atoms with van der Waals surface area (Å²) in [4.78, 5) is 14.4. The van der Waals surface area contributed by atoms with Gasteiger partial charge in [-0.15, -0.1) is 0 Å². The van der Waals surface area contributed by atoms with Crippen molar-refractivity contribution in [2.45, 2.75) is 6.18 Å². The standard InChI is InChI=1S/C11H7ClF3NO2/c12-8-4-16-9-2-1-6(3-7(9)10(8)17)18-5-11(13,14)15/h1-4H,5H2,(H,16,17). The van der Waals surface area contributed by atoms with E-state index < -0.39 is 18.2 Å². The molecule has 0 bridgehead atoms. The molecule has 0 spiro atoms. The molecule has 0 aliphatic carbocycles. The summed E-state index contributed by atoms with van der Waals surface area (Å²) in [6.07, 6.45) is -3.10. The highest BCUT2D eigenvalue weighted by Crippen LogP contribution is 2.21. The topological polar surface area (TPSA) is 42.1 Å². The number of pyridine rings is 1. The lowest BCUT2D eigenvalue weighted by atomic mass is 10.2. The summed E-state index contributed by atoms with van der Waals surface area (Å²) in [5, 5.41) is 0.151. The van der Waals surface area contributed by atoms with Crippen molar-refractivity contribution in [1.82, 2.24) is 4.98 Å². The molecule has 0 fully saturated rings. The number of fused-ring (bicyclic) bond motifs is 1. The zero-order chi connectivity index (χ0) is 13.3. The van der Waals surface area contributed by atoms with Crippen molar-refractivity contribution in [2.75, 3.05) is 6.61 Å². The number of rotatable bonds is 2. The number of aromatic amines is 1. The van der Waals surface area contributed by atoms with Gasteiger partial charge in [0.05, 0.1) is 5.39 Å². The van der Waals surface area contributed by atoms with Crippen LogP contribution >= 0.6 is 11.6 Å². The van der Waals surface area contributed by atoms with E-state index in [-0.39, 0.29) is 16.2 Å². The van der Waals surface area contributed by atoms with Crippen molar-refractivity contribution in [2.24, 2.45) is 0 Å². The number of aromatic nitrogens is 1. The van der Waals surface area contributed by atoms with Crippen LogP contribution in [0.5, 0.6) is 5.75 Å². The minimum absolute atomic E-state index is 0.0320. The number of halogens is 4. The van der Waals surface area contributed by atoms with Crippen LogP contribution in [0.25, 0.3) is 10.9 Å². The molecule has 1 aromatic heterocycles. The van der Waals surface area contributed by atoms with Crippen LogP contribution < -0.4 is 10.2 Å². The highest BCUT2D eigenvalue weighted by atomic mass is 35.5. The summed E-state index contributed by atoms with van der Waals surface area (Å²) in [6, 6.07) is 4.03. The first kappa shape index (κ1) is 12.8. The fraction of sp³-hybridized carbons (Fsp3) is 0.182. The van der Waals surface area contributed by atoms with Gasteiger partial charge in [-0.25, -0.2) is 0 Å². The van der Waals surface area contributed by atoms with E-state index in [0.29, 0.717) is 5.52 Å². The third-order valence-electron chi connectivity index (χ3n) is 2.21. The summed E-state index contributed by atoms with van der Waals surface area (Å²) < 4.78 is 40.5. The third kappa shape index (κ3) is 2.76. The molecule has 0 aliphatic rings. The number of hydrogen-bond acceptors (Lipinski definition) is 2. The smallest absolute Gasteiger partial charge is 0.422 e. The molecule has 0 atom stereocenters. The van der Waals surface area contributed by atoms with Gasteiger partial charge in [-0.1, -0.05) is 11.6 Å².